The predicted octanol–water partition coefficient (Wildman–Crippen LogP) is 3.22. The van der Waals surface area contributed by atoms with Crippen molar-refractivity contribution in [1.29, 1.82) is 0 Å². The van der Waals surface area contributed by atoms with Crippen LogP contribution in [0.5, 0.6) is 5.75 Å². The molecule has 0 aliphatic rings. The van der Waals surface area contributed by atoms with Gasteiger partial charge in [0.05, 0.1) is 19.2 Å². The third-order valence-corrected chi connectivity index (χ3v) is 3.62. The van der Waals surface area contributed by atoms with Gasteiger partial charge in [0.15, 0.2) is 0 Å². The summed E-state index contributed by atoms with van der Waals surface area (Å²) >= 11 is 0. The van der Waals surface area contributed by atoms with Crippen LogP contribution in [0.3, 0.4) is 0 Å². The number of Topliss-reactive ketones (excluding diaryl/α,β-unsaturated/α-hetero) is 1. The minimum Gasteiger partial charge on any atom is -0.497 e. The zero-order valence-corrected chi connectivity index (χ0v) is 12.9. The summed E-state index contributed by atoms with van der Waals surface area (Å²) in [5.41, 5.74) is 1.81. The first-order valence-corrected chi connectivity index (χ1v) is 7.31. The molecule has 0 aliphatic heterocycles. The molecular weight excluding hydrogens is 264 g/mol. The Morgan fingerprint density at radius 1 is 1.33 bits per heavy atom. The molecular formula is C17H22N2O2. The van der Waals surface area contributed by atoms with Gasteiger partial charge in [-0.25, -0.2) is 0 Å². The summed E-state index contributed by atoms with van der Waals surface area (Å²) in [6, 6.07) is 9.91. The van der Waals surface area contributed by atoms with E-state index >= 15 is 0 Å². The highest BCUT2D eigenvalue weighted by Crippen LogP contribution is 2.14. The maximum atomic E-state index is 12.1. The summed E-state index contributed by atoms with van der Waals surface area (Å²) in [5, 5.41) is 4.47. The van der Waals surface area contributed by atoms with E-state index in [9.17, 15) is 4.79 Å². The van der Waals surface area contributed by atoms with Gasteiger partial charge in [0.2, 0.25) is 0 Å². The number of rotatable bonds is 7. The molecule has 0 spiro atoms. The third kappa shape index (κ3) is 4.18. The second kappa shape index (κ2) is 7.07. The molecule has 1 heterocycles. The second-order valence-corrected chi connectivity index (χ2v) is 5.29. The average molecular weight is 286 g/mol. The fraction of sp³-hybridized carbons (Fsp3) is 0.412. The van der Waals surface area contributed by atoms with Crippen LogP contribution in [0.25, 0.3) is 0 Å². The van der Waals surface area contributed by atoms with Crippen LogP contribution < -0.4 is 4.74 Å². The van der Waals surface area contributed by atoms with Crippen LogP contribution in [-0.4, -0.2) is 22.7 Å². The Morgan fingerprint density at radius 3 is 2.86 bits per heavy atom. The first-order valence-electron chi connectivity index (χ1n) is 7.31. The van der Waals surface area contributed by atoms with E-state index in [1.54, 1.807) is 7.11 Å². The van der Waals surface area contributed by atoms with Crippen molar-refractivity contribution in [3.05, 3.63) is 47.8 Å². The molecule has 2 rings (SSSR count). The highest BCUT2D eigenvalue weighted by atomic mass is 16.5. The topological polar surface area (TPSA) is 44.1 Å². The molecule has 0 saturated carbocycles. The molecule has 21 heavy (non-hydrogen) atoms. The van der Waals surface area contributed by atoms with E-state index in [4.69, 9.17) is 4.74 Å². The van der Waals surface area contributed by atoms with Gasteiger partial charge in [-0.15, -0.1) is 0 Å². The van der Waals surface area contributed by atoms with Gasteiger partial charge < -0.3 is 4.74 Å². The van der Waals surface area contributed by atoms with Crippen LogP contribution in [0, 0.1) is 0 Å². The molecule has 0 N–H and O–H groups in total. The van der Waals surface area contributed by atoms with E-state index in [2.05, 4.69) is 18.9 Å². The number of ether oxygens (including phenoxy) is 1. The maximum Gasteiger partial charge on any atom is 0.143 e. The van der Waals surface area contributed by atoms with E-state index in [-0.39, 0.29) is 5.78 Å². The fourth-order valence-electron chi connectivity index (χ4n) is 2.18. The Bertz CT molecular complexity index is 604. The molecule has 0 bridgehead atoms. The lowest BCUT2D eigenvalue weighted by atomic mass is 10.1. The number of carbonyl (C=O) groups is 1. The molecule has 1 aromatic heterocycles. The van der Waals surface area contributed by atoms with Gasteiger partial charge >= 0.3 is 0 Å². The molecule has 1 atom stereocenters. The molecule has 0 amide bonds. The lowest BCUT2D eigenvalue weighted by molar-refractivity contribution is -0.117. The third-order valence-electron chi connectivity index (χ3n) is 3.62. The number of aromatic nitrogens is 2. The van der Waals surface area contributed by atoms with Crippen molar-refractivity contribution in [2.75, 3.05) is 7.11 Å². The van der Waals surface area contributed by atoms with Crippen molar-refractivity contribution in [1.82, 2.24) is 9.78 Å². The van der Waals surface area contributed by atoms with E-state index < -0.39 is 0 Å². The van der Waals surface area contributed by atoms with Gasteiger partial charge in [-0.1, -0.05) is 19.1 Å². The number of hydrogen-bond donors (Lipinski definition) is 0. The normalized spacial score (nSPS) is 12.1. The first kappa shape index (κ1) is 15.3. The number of carbonyl (C=O) groups excluding carboxylic acids is 1. The molecule has 1 aromatic carbocycles. The molecule has 1 unspecified atom stereocenters. The average Bonchev–Trinajstić information content (AvgIpc) is 2.94. The van der Waals surface area contributed by atoms with Crippen molar-refractivity contribution in [3.8, 4) is 5.75 Å². The zero-order chi connectivity index (χ0) is 15.2. The second-order valence-electron chi connectivity index (χ2n) is 5.29. The van der Waals surface area contributed by atoms with Gasteiger partial charge in [-0.3, -0.25) is 9.48 Å². The van der Waals surface area contributed by atoms with Crippen LogP contribution in [0.15, 0.2) is 36.5 Å². The molecule has 0 saturated heterocycles. The Labute approximate surface area is 125 Å². The van der Waals surface area contributed by atoms with Crippen LogP contribution in [0.4, 0.5) is 0 Å². The molecule has 112 valence electrons. The molecule has 0 aliphatic carbocycles. The highest BCUT2D eigenvalue weighted by molar-refractivity contribution is 5.82. The Kier molecular flexibility index (Phi) is 5.14. The van der Waals surface area contributed by atoms with Crippen molar-refractivity contribution in [3.63, 3.8) is 0 Å². The Balaban J connectivity index is 1.96. The van der Waals surface area contributed by atoms with Crippen LogP contribution in [-0.2, 0) is 17.6 Å². The fourth-order valence-corrected chi connectivity index (χ4v) is 2.18. The maximum absolute atomic E-state index is 12.1. The summed E-state index contributed by atoms with van der Waals surface area (Å²) in [6.45, 7) is 4.24. The number of ketones is 1. The number of hydrogen-bond acceptors (Lipinski definition) is 3. The van der Waals surface area contributed by atoms with Crippen molar-refractivity contribution < 1.29 is 9.53 Å². The summed E-state index contributed by atoms with van der Waals surface area (Å²) in [4.78, 5) is 12.1. The lowest BCUT2D eigenvalue weighted by Gasteiger charge is -2.08. The van der Waals surface area contributed by atoms with Crippen molar-refractivity contribution >= 4 is 5.78 Å². The highest BCUT2D eigenvalue weighted by Gasteiger charge is 2.10. The predicted molar refractivity (Wildman–Crippen MR) is 82.6 cm³/mol. The van der Waals surface area contributed by atoms with Crippen LogP contribution in [0.1, 0.15) is 37.6 Å². The standard InChI is InChI=1S/C17H22N2O2/c1-4-13(2)19-9-8-15(18-19)12-16(20)10-14-6-5-7-17(11-14)21-3/h5-9,11,13H,4,10,12H2,1-3H3. The Hall–Kier alpha value is -2.10. The largest absolute Gasteiger partial charge is 0.497 e. The van der Waals surface area contributed by atoms with Crippen LogP contribution >= 0.6 is 0 Å². The van der Waals surface area contributed by atoms with Crippen LogP contribution in [0.2, 0.25) is 0 Å². The molecule has 4 heteroatoms. The van der Waals surface area contributed by atoms with E-state index in [1.165, 1.54) is 0 Å². The van der Waals surface area contributed by atoms with Crippen molar-refractivity contribution in [2.45, 2.75) is 39.2 Å². The number of nitrogens with zero attached hydrogens (tertiary/aromatic N) is 2. The molecule has 2 aromatic rings. The molecule has 0 fully saturated rings. The first-order chi connectivity index (χ1) is 10.1. The number of benzene rings is 1. The molecule has 0 radical (unpaired) electrons. The summed E-state index contributed by atoms with van der Waals surface area (Å²) < 4.78 is 7.09. The summed E-state index contributed by atoms with van der Waals surface area (Å²) in [6.07, 6.45) is 3.76. The van der Waals surface area contributed by atoms with Gasteiger partial charge in [-0.2, -0.15) is 5.10 Å². The minimum absolute atomic E-state index is 0.164. The van der Waals surface area contributed by atoms with Gasteiger partial charge in [0.25, 0.3) is 0 Å². The van der Waals surface area contributed by atoms with Crippen molar-refractivity contribution in [2.24, 2.45) is 0 Å². The van der Waals surface area contributed by atoms with E-state index in [0.717, 1.165) is 23.4 Å². The smallest absolute Gasteiger partial charge is 0.143 e. The van der Waals surface area contributed by atoms with E-state index in [0.29, 0.717) is 18.9 Å². The number of methoxy groups -OCH3 is 1. The monoisotopic (exact) mass is 286 g/mol. The minimum atomic E-state index is 0.164. The summed E-state index contributed by atoms with van der Waals surface area (Å²) in [7, 11) is 1.63. The van der Waals surface area contributed by atoms with Gasteiger partial charge in [0, 0.05) is 18.7 Å². The zero-order valence-electron chi connectivity index (χ0n) is 12.9. The summed E-state index contributed by atoms with van der Waals surface area (Å²) in [5.74, 6) is 0.944. The Morgan fingerprint density at radius 2 is 2.14 bits per heavy atom. The quantitative estimate of drug-likeness (QED) is 0.785. The molecule has 4 nitrogen and oxygen atoms in total. The van der Waals surface area contributed by atoms with Gasteiger partial charge in [-0.05, 0) is 37.1 Å². The van der Waals surface area contributed by atoms with E-state index in [1.807, 2.05) is 41.2 Å². The SMILES string of the molecule is CCC(C)n1ccc(CC(=O)Cc2cccc(OC)c2)n1. The lowest BCUT2D eigenvalue weighted by Crippen LogP contribution is -2.09. The van der Waals surface area contributed by atoms with Gasteiger partial charge in [0.1, 0.15) is 11.5 Å².